The number of nitrogens with zero attached hydrogens (tertiary/aromatic N) is 2. The molecule has 1 amide bonds. The number of fused-ring (bicyclic) bond motifs is 2. The summed E-state index contributed by atoms with van der Waals surface area (Å²) in [4.78, 5) is 24.7. The van der Waals surface area contributed by atoms with E-state index in [0.29, 0.717) is 17.8 Å². The second kappa shape index (κ2) is 6.54. The molecule has 2 aliphatic heterocycles. The molecule has 0 spiro atoms. The molecule has 2 aliphatic rings. The third kappa shape index (κ3) is 3.44. The highest BCUT2D eigenvalue weighted by molar-refractivity contribution is 5.82. The third-order valence-corrected chi connectivity index (χ3v) is 4.92. The number of anilines is 1. The Bertz CT molecular complexity index is 595. The Kier molecular flexibility index (Phi) is 4.47. The fraction of sp³-hybridized carbons (Fsp3) is 0.562. The highest BCUT2D eigenvalue weighted by atomic mass is 16.6. The Hall–Kier alpha value is -2.15. The van der Waals surface area contributed by atoms with Gasteiger partial charge in [0.25, 0.3) is 5.69 Å². The van der Waals surface area contributed by atoms with Gasteiger partial charge in [-0.1, -0.05) is 12.1 Å². The molecule has 3 rings (SSSR count). The van der Waals surface area contributed by atoms with Gasteiger partial charge in [0.1, 0.15) is 5.69 Å². The maximum Gasteiger partial charge on any atom is 0.292 e. The van der Waals surface area contributed by atoms with E-state index in [1.165, 1.54) is 18.9 Å². The average Bonchev–Trinajstić information content (AvgIpc) is 2.90. The van der Waals surface area contributed by atoms with Crippen molar-refractivity contribution in [1.29, 1.82) is 0 Å². The zero-order valence-corrected chi connectivity index (χ0v) is 13.2. The van der Waals surface area contributed by atoms with Crippen LogP contribution in [0.1, 0.15) is 25.7 Å². The Morgan fingerprint density at radius 1 is 1.35 bits per heavy atom. The van der Waals surface area contributed by atoms with Gasteiger partial charge in [0.05, 0.1) is 11.5 Å². The molecule has 7 heteroatoms. The fourth-order valence-electron chi connectivity index (χ4n) is 3.62. The number of piperidine rings is 1. The number of nitro benzene ring substituents is 1. The van der Waals surface area contributed by atoms with Crippen LogP contribution in [0.5, 0.6) is 0 Å². The minimum atomic E-state index is -0.443. The minimum absolute atomic E-state index is 0.0112. The summed E-state index contributed by atoms with van der Waals surface area (Å²) in [6.45, 7) is 0.0701. The van der Waals surface area contributed by atoms with E-state index in [1.54, 1.807) is 23.1 Å². The molecule has 2 N–H and O–H groups in total. The summed E-state index contributed by atoms with van der Waals surface area (Å²) in [5.41, 5.74) is 0.368. The lowest BCUT2D eigenvalue weighted by Gasteiger charge is -2.35. The van der Waals surface area contributed by atoms with Crippen molar-refractivity contribution < 1.29 is 9.72 Å². The van der Waals surface area contributed by atoms with Gasteiger partial charge < -0.3 is 15.5 Å². The first-order chi connectivity index (χ1) is 11.0. The van der Waals surface area contributed by atoms with E-state index < -0.39 is 4.92 Å². The molecule has 124 valence electrons. The van der Waals surface area contributed by atoms with Gasteiger partial charge in [-0.3, -0.25) is 14.9 Å². The van der Waals surface area contributed by atoms with Crippen molar-refractivity contribution in [3.63, 3.8) is 0 Å². The lowest BCUT2D eigenvalue weighted by molar-refractivity contribution is -0.383. The van der Waals surface area contributed by atoms with Crippen LogP contribution in [0.25, 0.3) is 0 Å². The number of carbonyl (C=O) groups excluding carboxylic acids is 1. The first kappa shape index (κ1) is 15.7. The first-order valence-electron chi connectivity index (χ1n) is 8.03. The normalized spacial score (nSPS) is 25.9. The van der Waals surface area contributed by atoms with E-state index in [9.17, 15) is 14.9 Å². The van der Waals surface area contributed by atoms with E-state index >= 15 is 0 Å². The zero-order chi connectivity index (χ0) is 16.4. The van der Waals surface area contributed by atoms with Crippen LogP contribution in [-0.4, -0.2) is 47.4 Å². The Labute approximate surface area is 135 Å². The monoisotopic (exact) mass is 318 g/mol. The third-order valence-electron chi connectivity index (χ3n) is 4.92. The second-order valence-corrected chi connectivity index (χ2v) is 6.40. The molecule has 0 saturated carbocycles. The lowest BCUT2D eigenvalue weighted by Crippen LogP contribution is -2.49. The molecule has 2 saturated heterocycles. The van der Waals surface area contributed by atoms with E-state index in [1.807, 2.05) is 7.05 Å². The molecule has 23 heavy (non-hydrogen) atoms. The molecule has 1 aromatic rings. The van der Waals surface area contributed by atoms with Crippen LogP contribution in [0.3, 0.4) is 0 Å². The molecule has 7 nitrogen and oxygen atoms in total. The number of nitrogens with one attached hydrogen (secondary N) is 2. The predicted octanol–water partition coefficient (Wildman–Crippen LogP) is 1.75. The summed E-state index contributed by atoms with van der Waals surface area (Å²) in [6, 6.07) is 7.69. The molecular formula is C16H22N4O3. The van der Waals surface area contributed by atoms with Crippen LogP contribution in [0, 0.1) is 10.1 Å². The standard InChI is InChI=1S/C16H22N4O3/c1-19(13-8-11-6-7-12(9-13)18-11)16(21)10-17-14-4-2-3-5-15(14)20(22)23/h2-5,11-13,17-18H,6-10H2,1H3. The van der Waals surface area contributed by atoms with Gasteiger partial charge in [-0.15, -0.1) is 0 Å². The van der Waals surface area contributed by atoms with Crippen LogP contribution >= 0.6 is 0 Å². The van der Waals surface area contributed by atoms with Crippen LogP contribution in [0.4, 0.5) is 11.4 Å². The summed E-state index contributed by atoms with van der Waals surface area (Å²) in [7, 11) is 1.83. The molecule has 2 fully saturated rings. The summed E-state index contributed by atoms with van der Waals surface area (Å²) < 4.78 is 0. The maximum atomic E-state index is 12.4. The van der Waals surface area contributed by atoms with Gasteiger partial charge in [0.2, 0.25) is 5.91 Å². The quantitative estimate of drug-likeness (QED) is 0.638. The van der Waals surface area contributed by atoms with Crippen molar-refractivity contribution in [3.8, 4) is 0 Å². The number of rotatable bonds is 5. The topological polar surface area (TPSA) is 87.5 Å². The van der Waals surface area contributed by atoms with Crippen molar-refractivity contribution >= 4 is 17.3 Å². The number of amides is 1. The number of hydrogen-bond acceptors (Lipinski definition) is 5. The highest BCUT2D eigenvalue weighted by Crippen LogP contribution is 2.29. The summed E-state index contributed by atoms with van der Waals surface area (Å²) in [5, 5.41) is 17.5. The highest BCUT2D eigenvalue weighted by Gasteiger charge is 2.36. The van der Waals surface area contributed by atoms with Gasteiger partial charge in [-0.25, -0.2) is 0 Å². The molecule has 0 aromatic heterocycles. The molecule has 0 radical (unpaired) electrons. The molecule has 2 heterocycles. The number of likely N-dealkylation sites (N-methyl/N-ethyl adjacent to an activating group) is 1. The van der Waals surface area contributed by atoms with Crippen LogP contribution in [0.15, 0.2) is 24.3 Å². The minimum Gasteiger partial charge on any atom is -0.371 e. The summed E-state index contributed by atoms with van der Waals surface area (Å²) >= 11 is 0. The Balaban J connectivity index is 1.58. The van der Waals surface area contributed by atoms with Gasteiger partial charge in [-0.05, 0) is 31.7 Å². The van der Waals surface area contributed by atoms with Crippen molar-refractivity contribution in [2.45, 2.75) is 43.8 Å². The van der Waals surface area contributed by atoms with E-state index in [-0.39, 0.29) is 24.2 Å². The van der Waals surface area contributed by atoms with Crippen molar-refractivity contribution in [1.82, 2.24) is 10.2 Å². The average molecular weight is 318 g/mol. The number of hydrogen-bond donors (Lipinski definition) is 2. The number of benzene rings is 1. The van der Waals surface area contributed by atoms with Gasteiger partial charge in [-0.2, -0.15) is 0 Å². The van der Waals surface area contributed by atoms with E-state index in [0.717, 1.165) is 12.8 Å². The maximum absolute atomic E-state index is 12.4. The van der Waals surface area contributed by atoms with Gasteiger partial charge in [0, 0.05) is 31.2 Å². The fourth-order valence-corrected chi connectivity index (χ4v) is 3.62. The number of carbonyl (C=O) groups is 1. The molecule has 2 unspecified atom stereocenters. The largest absolute Gasteiger partial charge is 0.371 e. The number of nitro groups is 1. The van der Waals surface area contributed by atoms with Gasteiger partial charge in [0.15, 0.2) is 0 Å². The van der Waals surface area contributed by atoms with Crippen molar-refractivity contribution in [2.24, 2.45) is 0 Å². The van der Waals surface area contributed by atoms with Crippen molar-refractivity contribution in [3.05, 3.63) is 34.4 Å². The smallest absolute Gasteiger partial charge is 0.292 e. The van der Waals surface area contributed by atoms with Crippen LogP contribution < -0.4 is 10.6 Å². The van der Waals surface area contributed by atoms with Crippen LogP contribution in [0.2, 0.25) is 0 Å². The summed E-state index contributed by atoms with van der Waals surface area (Å²) in [5.74, 6) is -0.0329. The summed E-state index contributed by atoms with van der Waals surface area (Å²) in [6.07, 6.45) is 4.36. The Morgan fingerprint density at radius 3 is 2.65 bits per heavy atom. The van der Waals surface area contributed by atoms with E-state index in [2.05, 4.69) is 10.6 Å². The second-order valence-electron chi connectivity index (χ2n) is 6.40. The predicted molar refractivity (Wildman–Crippen MR) is 87.3 cm³/mol. The SMILES string of the molecule is CN(C(=O)CNc1ccccc1[N+](=O)[O-])C1CC2CCC(C1)N2. The first-order valence-corrected chi connectivity index (χ1v) is 8.03. The number of para-hydroxylation sites is 2. The zero-order valence-electron chi connectivity index (χ0n) is 13.2. The van der Waals surface area contributed by atoms with Crippen LogP contribution in [-0.2, 0) is 4.79 Å². The lowest BCUT2D eigenvalue weighted by atomic mass is 9.98. The van der Waals surface area contributed by atoms with Gasteiger partial charge >= 0.3 is 0 Å². The molecule has 0 aliphatic carbocycles. The Morgan fingerprint density at radius 2 is 2.00 bits per heavy atom. The molecule has 1 aromatic carbocycles. The molecule has 2 bridgehead atoms. The van der Waals surface area contributed by atoms with E-state index in [4.69, 9.17) is 0 Å². The molecule has 2 atom stereocenters. The van der Waals surface area contributed by atoms with Crippen molar-refractivity contribution in [2.75, 3.05) is 18.9 Å². The molecular weight excluding hydrogens is 296 g/mol.